The Bertz CT molecular complexity index is 415. The zero-order chi connectivity index (χ0) is 21.6. The molecule has 3 N–H and O–H groups in total. The summed E-state index contributed by atoms with van der Waals surface area (Å²) in [6.07, 6.45) is 12.1. The van der Waals surface area contributed by atoms with Gasteiger partial charge in [-0.2, -0.15) is 0 Å². The van der Waals surface area contributed by atoms with E-state index in [1.54, 1.807) is 11.9 Å². The van der Waals surface area contributed by atoms with Crippen molar-refractivity contribution in [3.8, 4) is 12.8 Å². The predicted octanol–water partition coefficient (Wildman–Crippen LogP) is 2.18. The third-order valence-electron chi connectivity index (χ3n) is 4.96. The Morgan fingerprint density at radius 1 is 1.19 bits per heavy atom. The molecule has 0 radical (unpaired) electrons. The van der Waals surface area contributed by atoms with E-state index in [0.29, 0.717) is 25.8 Å². The molecule has 158 valence electrons. The summed E-state index contributed by atoms with van der Waals surface area (Å²) >= 11 is 0. The number of amides is 2. The summed E-state index contributed by atoms with van der Waals surface area (Å²) < 4.78 is 0. The summed E-state index contributed by atoms with van der Waals surface area (Å²) in [5.41, 5.74) is -0.718. The Morgan fingerprint density at radius 3 is 2.22 bits per heavy atom. The summed E-state index contributed by atoms with van der Waals surface area (Å²) in [6, 6.07) is -0.119. The van der Waals surface area contributed by atoms with E-state index in [9.17, 15) is 14.7 Å². The first-order valence-electron chi connectivity index (χ1n) is 9.67. The van der Waals surface area contributed by atoms with Gasteiger partial charge in [0.2, 0.25) is 11.8 Å². The molecule has 6 nitrogen and oxygen atoms in total. The van der Waals surface area contributed by atoms with Crippen molar-refractivity contribution in [1.82, 2.24) is 10.2 Å². The Labute approximate surface area is 165 Å². The molecule has 0 aromatic carbocycles. The topological polar surface area (TPSA) is 89.9 Å². The van der Waals surface area contributed by atoms with E-state index in [-0.39, 0.29) is 29.7 Å². The number of aliphatic hydroxyl groups excluding tert-OH is 1. The molecule has 0 aromatic heterocycles. The largest absolute Gasteiger partial charge is 0.400 e. The van der Waals surface area contributed by atoms with Gasteiger partial charge in [-0.3, -0.25) is 9.59 Å². The highest BCUT2D eigenvalue weighted by atomic mass is 16.3. The van der Waals surface area contributed by atoms with Crippen molar-refractivity contribution in [1.29, 1.82) is 0 Å². The monoisotopic (exact) mass is 384 g/mol. The third-order valence-corrected chi connectivity index (χ3v) is 4.96. The van der Waals surface area contributed by atoms with E-state index in [1.807, 2.05) is 27.7 Å². The standard InChI is InChI=1S/C18H34N2O3.C2H2.CH4O/c1-13(2)15-12-16(21)20(5)11-7-10-18(4,23)9-6-8-14(3)17(22)19-15;2*1-2/h13-15,23H,6-12H2,1-5H3,(H,19,22);1-2H;2H,1H3/t14-,15?,18+;;/m1../s1. The van der Waals surface area contributed by atoms with Crippen LogP contribution in [0.3, 0.4) is 0 Å². The van der Waals surface area contributed by atoms with Crippen LogP contribution in [0.1, 0.15) is 66.2 Å². The van der Waals surface area contributed by atoms with Crippen molar-refractivity contribution in [2.75, 3.05) is 20.7 Å². The maximum Gasteiger partial charge on any atom is 0.224 e. The van der Waals surface area contributed by atoms with Crippen LogP contribution in [0.15, 0.2) is 0 Å². The summed E-state index contributed by atoms with van der Waals surface area (Å²) in [5, 5.41) is 20.4. The van der Waals surface area contributed by atoms with E-state index in [4.69, 9.17) is 5.11 Å². The fourth-order valence-electron chi connectivity index (χ4n) is 2.99. The predicted molar refractivity (Wildman–Crippen MR) is 110 cm³/mol. The molecule has 1 aliphatic rings. The van der Waals surface area contributed by atoms with Gasteiger partial charge in [0.25, 0.3) is 0 Å². The number of carbonyl (C=O) groups is 2. The van der Waals surface area contributed by atoms with Crippen LogP contribution >= 0.6 is 0 Å². The van der Waals surface area contributed by atoms with Gasteiger partial charge >= 0.3 is 0 Å². The van der Waals surface area contributed by atoms with Gasteiger partial charge in [0.15, 0.2) is 0 Å². The highest BCUT2D eigenvalue weighted by Gasteiger charge is 2.26. The molecular formula is C21H40N2O4. The maximum atomic E-state index is 12.4. The second kappa shape index (κ2) is 14.5. The zero-order valence-electron chi connectivity index (χ0n) is 18.0. The van der Waals surface area contributed by atoms with Gasteiger partial charge in [-0.25, -0.2) is 0 Å². The average Bonchev–Trinajstić information content (AvgIpc) is 2.62. The van der Waals surface area contributed by atoms with Gasteiger partial charge in [0.05, 0.1) is 5.60 Å². The Balaban J connectivity index is 0. The Morgan fingerprint density at radius 2 is 1.70 bits per heavy atom. The number of nitrogens with one attached hydrogen (secondary N) is 1. The third kappa shape index (κ3) is 11.7. The minimum Gasteiger partial charge on any atom is -0.400 e. The fourth-order valence-corrected chi connectivity index (χ4v) is 2.99. The van der Waals surface area contributed by atoms with Crippen molar-refractivity contribution in [3.05, 3.63) is 0 Å². The van der Waals surface area contributed by atoms with E-state index in [1.165, 1.54) is 0 Å². The molecule has 0 aliphatic carbocycles. The fraction of sp³-hybridized carbons (Fsp3) is 0.810. The van der Waals surface area contributed by atoms with E-state index in [0.717, 1.165) is 26.4 Å². The molecule has 1 fully saturated rings. The molecule has 3 atom stereocenters. The first kappa shape index (κ1) is 27.6. The molecule has 1 rings (SSSR count). The number of carbonyl (C=O) groups excluding carboxylic acids is 2. The molecule has 1 aliphatic heterocycles. The molecule has 1 saturated heterocycles. The van der Waals surface area contributed by atoms with Crippen molar-refractivity contribution in [2.45, 2.75) is 77.9 Å². The normalized spacial score (nSPS) is 28.0. The second-order valence-electron chi connectivity index (χ2n) is 7.77. The lowest BCUT2D eigenvalue weighted by Gasteiger charge is -2.29. The van der Waals surface area contributed by atoms with Crippen LogP contribution in [-0.4, -0.2) is 59.3 Å². The van der Waals surface area contributed by atoms with Crippen molar-refractivity contribution in [2.24, 2.45) is 11.8 Å². The summed E-state index contributed by atoms with van der Waals surface area (Å²) in [4.78, 5) is 26.4. The molecule has 0 aromatic rings. The van der Waals surface area contributed by atoms with E-state index in [2.05, 4.69) is 18.2 Å². The first-order chi connectivity index (χ1) is 12.6. The van der Waals surface area contributed by atoms with Crippen LogP contribution in [0, 0.1) is 24.7 Å². The Hall–Kier alpha value is -1.58. The number of terminal acetylenes is 1. The quantitative estimate of drug-likeness (QED) is 0.605. The molecule has 6 heteroatoms. The van der Waals surface area contributed by atoms with Gasteiger partial charge in [0, 0.05) is 39.1 Å². The number of hydrogen-bond donors (Lipinski definition) is 3. The van der Waals surface area contributed by atoms with Crippen molar-refractivity contribution in [3.63, 3.8) is 0 Å². The van der Waals surface area contributed by atoms with Crippen LogP contribution in [-0.2, 0) is 9.59 Å². The molecule has 1 unspecified atom stereocenters. The van der Waals surface area contributed by atoms with Crippen LogP contribution in [0.5, 0.6) is 0 Å². The Kier molecular flexibility index (Phi) is 14.8. The number of rotatable bonds is 1. The van der Waals surface area contributed by atoms with Crippen LogP contribution in [0.2, 0.25) is 0 Å². The second-order valence-corrected chi connectivity index (χ2v) is 7.77. The van der Waals surface area contributed by atoms with Crippen molar-refractivity contribution < 1.29 is 19.8 Å². The summed E-state index contributed by atoms with van der Waals surface area (Å²) in [6.45, 7) is 8.47. The van der Waals surface area contributed by atoms with Crippen molar-refractivity contribution >= 4 is 11.8 Å². The maximum absolute atomic E-state index is 12.4. The molecule has 0 spiro atoms. The molecule has 0 bridgehead atoms. The molecule has 2 amide bonds. The minimum absolute atomic E-state index is 0.0101. The van der Waals surface area contributed by atoms with Gasteiger partial charge in [-0.1, -0.05) is 20.8 Å². The lowest BCUT2D eigenvalue weighted by Crippen LogP contribution is -2.45. The summed E-state index contributed by atoms with van der Waals surface area (Å²) in [5.74, 6) is 0.184. The average molecular weight is 385 g/mol. The first-order valence-corrected chi connectivity index (χ1v) is 9.67. The number of aliphatic hydroxyl groups is 2. The van der Waals surface area contributed by atoms with Gasteiger partial charge in [-0.05, 0) is 44.9 Å². The smallest absolute Gasteiger partial charge is 0.224 e. The summed E-state index contributed by atoms with van der Waals surface area (Å²) in [7, 11) is 2.80. The lowest BCUT2D eigenvalue weighted by molar-refractivity contribution is -0.132. The van der Waals surface area contributed by atoms with Crippen LogP contribution in [0.4, 0.5) is 0 Å². The van der Waals surface area contributed by atoms with Gasteiger partial charge in [0.1, 0.15) is 0 Å². The van der Waals surface area contributed by atoms with Gasteiger partial charge in [-0.15, -0.1) is 12.8 Å². The van der Waals surface area contributed by atoms with Crippen LogP contribution in [0.25, 0.3) is 0 Å². The highest BCUT2D eigenvalue weighted by Crippen LogP contribution is 2.22. The molecule has 1 heterocycles. The van der Waals surface area contributed by atoms with E-state index < -0.39 is 5.60 Å². The number of hydrogen-bond acceptors (Lipinski definition) is 4. The van der Waals surface area contributed by atoms with Gasteiger partial charge < -0.3 is 20.4 Å². The SMILES string of the molecule is C#C.CC(C)C1CC(=O)N(C)CCC[C@@](C)(O)CCC[C@@H](C)C(=O)N1.CO. The molecule has 0 saturated carbocycles. The highest BCUT2D eigenvalue weighted by molar-refractivity contribution is 5.81. The lowest BCUT2D eigenvalue weighted by atomic mass is 9.90. The molecular weight excluding hydrogens is 344 g/mol. The minimum atomic E-state index is -0.718. The number of nitrogens with zero attached hydrogens (tertiary/aromatic N) is 1. The molecule has 27 heavy (non-hydrogen) atoms. The van der Waals surface area contributed by atoms with E-state index >= 15 is 0 Å². The van der Waals surface area contributed by atoms with Crippen LogP contribution < -0.4 is 5.32 Å². The zero-order valence-corrected chi connectivity index (χ0v) is 18.0.